The first-order chi connectivity index (χ1) is 51.4. The molecule has 0 N–H and O–H groups in total. The Morgan fingerprint density at radius 3 is 1.81 bits per heavy atom. The quantitative estimate of drug-likeness (QED) is 0.120. The molecule has 104 heavy (non-hydrogen) atoms. The van der Waals surface area contributed by atoms with E-state index in [0.717, 1.165) is 138 Å². The summed E-state index contributed by atoms with van der Waals surface area (Å²) in [5, 5.41) is 20.1. The summed E-state index contributed by atoms with van der Waals surface area (Å²) in [6.07, 6.45) is 16.5. The van der Waals surface area contributed by atoms with E-state index in [2.05, 4.69) is 327 Å². The Labute approximate surface area is 599 Å². The summed E-state index contributed by atoms with van der Waals surface area (Å²) in [5.74, 6) is 1.03. The third-order valence-electron chi connectivity index (χ3n) is 21.8. The third-order valence-corrected chi connectivity index (χ3v) is 21.8. The average molecular weight is 1330 g/mol. The molecule has 488 valence electrons. The Balaban J connectivity index is 0.870. The van der Waals surface area contributed by atoms with Crippen LogP contribution in [0.5, 0.6) is 0 Å². The number of aromatic nitrogens is 3. The highest BCUT2D eigenvalue weighted by atomic mass is 16.3. The van der Waals surface area contributed by atoms with Crippen LogP contribution >= 0.6 is 0 Å². The molecule has 0 amide bonds. The zero-order valence-corrected chi connectivity index (χ0v) is 57.0. The van der Waals surface area contributed by atoms with Gasteiger partial charge in [0.05, 0.1) is 23.6 Å². The maximum Gasteiger partial charge on any atom is 0.160 e. The van der Waals surface area contributed by atoms with Gasteiger partial charge in [-0.2, -0.15) is 0 Å². The van der Waals surface area contributed by atoms with Gasteiger partial charge in [-0.3, -0.25) is 4.98 Å². The number of furan rings is 2. The largest absolute Gasteiger partial charge is 0.455 e. The second kappa shape index (κ2) is 23.6. The summed E-state index contributed by atoms with van der Waals surface area (Å²) < 4.78 is 15.7. The Bertz CT molecular complexity index is 6960. The van der Waals surface area contributed by atoms with Gasteiger partial charge in [-0.05, 0) is 199 Å². The fourth-order valence-electron chi connectivity index (χ4n) is 17.0. The number of hydrogen-bond acceptors (Lipinski definition) is 7. The van der Waals surface area contributed by atoms with Crippen molar-refractivity contribution in [1.82, 2.24) is 15.0 Å². The zero-order valence-electron chi connectivity index (χ0n) is 57.0. The summed E-state index contributed by atoms with van der Waals surface area (Å²) in [7, 11) is 0. The summed E-state index contributed by atoms with van der Waals surface area (Å²) >= 11 is 0. The lowest BCUT2D eigenvalue weighted by molar-refractivity contribution is 0.669. The number of fused-ring (bicyclic) bond motifs is 9. The SMILES string of the molecule is CC(C)c1cccc(-c2ncc(-c3cc4oc5c(-c6cc7cccc(-c8cccc9ccc%10ccccc%10c89)c7c7ccccc67)ccc6c7cc(N8C=CC=CC8c8cccc9ccccc89)cc8oc9c(N(c%10cccnc%10)c%10cccc(-c%11ccccc%11)c%10)ccc(c(c3)c4c56)c9c87)cn2)c1. The van der Waals surface area contributed by atoms with Crippen molar-refractivity contribution in [1.29, 1.82) is 0 Å². The minimum absolute atomic E-state index is 0.148. The molecule has 16 aromatic carbocycles. The summed E-state index contributed by atoms with van der Waals surface area (Å²) in [6.45, 7) is 4.43. The number of rotatable bonds is 11. The van der Waals surface area contributed by atoms with Crippen LogP contribution in [0.1, 0.15) is 36.9 Å². The molecular formula is C97H63N5O2. The Hall–Kier alpha value is -13.5. The first-order valence-electron chi connectivity index (χ1n) is 35.7. The fourth-order valence-corrected chi connectivity index (χ4v) is 17.0. The van der Waals surface area contributed by atoms with Crippen LogP contribution in [0.25, 0.3) is 175 Å². The molecule has 0 radical (unpaired) electrons. The van der Waals surface area contributed by atoms with E-state index < -0.39 is 0 Å². The molecule has 20 aromatic rings. The van der Waals surface area contributed by atoms with Gasteiger partial charge < -0.3 is 18.6 Å². The standard InChI is InChI=1S/C97H63N5O2/c1-58(2)63-26-14-29-66(48-63)97-99-55-68(56-100-97)67-51-83-80-44-45-86(102(70-31-19-46-98-57-70)69-30-15-27-64(49-69)59-20-4-3-5-21-59)96-94(80)92-84(53-71(54-88(92)104-96)101-47-13-12-39-85(101)75-36-16-24-60-22-6-8-32-72(60)75)79-42-43-81(95-93(79)91(83)87(52-67)103-95)82-50-65-28-18-38-78(90(65)76-35-11-10-34-74(76)82)77-37-17-25-62-41-40-61-23-7-9-33-73(61)89(62)77/h3-58,85H,1-2H3. The summed E-state index contributed by atoms with van der Waals surface area (Å²) in [5.41, 5.74) is 18.6. The predicted molar refractivity (Wildman–Crippen MR) is 434 cm³/mol. The number of allylic oxidation sites excluding steroid dienone is 2. The maximum absolute atomic E-state index is 7.83. The maximum atomic E-state index is 7.83. The van der Waals surface area contributed by atoms with Crippen molar-refractivity contribution in [3.63, 3.8) is 0 Å². The van der Waals surface area contributed by atoms with Gasteiger partial charge in [0, 0.05) is 80.5 Å². The van der Waals surface area contributed by atoms with Gasteiger partial charge in [0.25, 0.3) is 0 Å². The van der Waals surface area contributed by atoms with Gasteiger partial charge >= 0.3 is 0 Å². The Morgan fingerprint density at radius 1 is 0.365 bits per heavy atom. The Morgan fingerprint density at radius 2 is 0.990 bits per heavy atom. The van der Waals surface area contributed by atoms with Gasteiger partial charge in [-0.25, -0.2) is 9.97 Å². The van der Waals surface area contributed by atoms with Crippen molar-refractivity contribution in [2.24, 2.45) is 0 Å². The summed E-state index contributed by atoms with van der Waals surface area (Å²) in [4.78, 5) is 19.7. The van der Waals surface area contributed by atoms with Crippen LogP contribution in [0.15, 0.2) is 343 Å². The lowest BCUT2D eigenvalue weighted by Gasteiger charge is -2.32. The van der Waals surface area contributed by atoms with E-state index in [0.29, 0.717) is 11.7 Å². The highest BCUT2D eigenvalue weighted by Gasteiger charge is 2.30. The minimum atomic E-state index is -0.148. The van der Waals surface area contributed by atoms with Crippen LogP contribution in [-0.4, -0.2) is 15.0 Å². The monoisotopic (exact) mass is 1330 g/mol. The van der Waals surface area contributed by atoms with Crippen LogP contribution < -0.4 is 9.80 Å². The van der Waals surface area contributed by atoms with Crippen LogP contribution in [0.4, 0.5) is 22.7 Å². The molecule has 1 atom stereocenters. The van der Waals surface area contributed by atoms with E-state index in [1.165, 1.54) is 65.3 Å². The van der Waals surface area contributed by atoms with Crippen molar-refractivity contribution in [2.45, 2.75) is 25.8 Å². The fraction of sp³-hybridized carbons (Fsp3) is 0.0412. The number of nitrogens with zero attached hydrogens (tertiary/aromatic N) is 5. The van der Waals surface area contributed by atoms with Crippen molar-refractivity contribution < 1.29 is 8.83 Å². The first-order valence-corrected chi connectivity index (χ1v) is 35.7. The van der Waals surface area contributed by atoms with E-state index in [-0.39, 0.29) is 6.04 Å². The van der Waals surface area contributed by atoms with E-state index in [9.17, 15) is 0 Å². The van der Waals surface area contributed by atoms with Crippen LogP contribution in [0.2, 0.25) is 0 Å². The van der Waals surface area contributed by atoms with Crippen molar-refractivity contribution in [3.8, 4) is 55.9 Å². The molecule has 21 rings (SSSR count). The van der Waals surface area contributed by atoms with Crippen LogP contribution in [0, 0.1) is 0 Å². The topological polar surface area (TPSA) is 71.4 Å². The van der Waals surface area contributed by atoms with Crippen molar-refractivity contribution in [2.75, 3.05) is 9.80 Å². The average Bonchev–Trinajstić information content (AvgIpc) is 1.55. The van der Waals surface area contributed by atoms with E-state index in [1.54, 1.807) is 0 Å². The van der Waals surface area contributed by atoms with Gasteiger partial charge in [0.15, 0.2) is 11.4 Å². The van der Waals surface area contributed by atoms with Crippen LogP contribution in [0.3, 0.4) is 0 Å². The number of anilines is 4. The molecule has 7 heteroatoms. The molecule has 5 heterocycles. The summed E-state index contributed by atoms with van der Waals surface area (Å²) in [6, 6.07) is 104. The van der Waals surface area contributed by atoms with Crippen LogP contribution in [-0.2, 0) is 0 Å². The normalized spacial score (nSPS) is 13.4. The second-order valence-electron chi connectivity index (χ2n) is 27.9. The molecule has 0 saturated heterocycles. The molecule has 0 aliphatic carbocycles. The lowest BCUT2D eigenvalue weighted by atomic mass is 9.86. The molecule has 1 unspecified atom stereocenters. The molecule has 0 fully saturated rings. The van der Waals surface area contributed by atoms with Gasteiger partial charge in [-0.15, -0.1) is 0 Å². The van der Waals surface area contributed by atoms with Crippen molar-refractivity contribution in [3.05, 3.63) is 345 Å². The third kappa shape index (κ3) is 9.33. The lowest BCUT2D eigenvalue weighted by Crippen LogP contribution is -2.23. The smallest absolute Gasteiger partial charge is 0.160 e. The molecular weight excluding hydrogens is 1270 g/mol. The molecule has 4 aromatic heterocycles. The molecule has 1 aliphatic rings. The van der Waals surface area contributed by atoms with E-state index in [4.69, 9.17) is 23.8 Å². The molecule has 0 saturated carbocycles. The molecule has 0 spiro atoms. The zero-order chi connectivity index (χ0) is 68.7. The number of benzene rings is 15. The van der Waals surface area contributed by atoms with Gasteiger partial charge in [0.1, 0.15) is 16.7 Å². The molecule has 0 bridgehead atoms. The van der Waals surface area contributed by atoms with E-state index in [1.807, 2.05) is 30.9 Å². The van der Waals surface area contributed by atoms with Gasteiger partial charge in [-0.1, -0.05) is 238 Å². The second-order valence-corrected chi connectivity index (χ2v) is 27.9. The highest BCUT2D eigenvalue weighted by molar-refractivity contribution is 6.39. The first kappa shape index (κ1) is 59.4. The van der Waals surface area contributed by atoms with E-state index >= 15 is 0 Å². The number of hydrogen-bond donors (Lipinski definition) is 0. The minimum Gasteiger partial charge on any atom is -0.455 e. The molecule has 7 nitrogen and oxygen atoms in total. The van der Waals surface area contributed by atoms with Gasteiger partial charge in [0.2, 0.25) is 0 Å². The highest BCUT2D eigenvalue weighted by Crippen LogP contribution is 2.54. The number of pyridine rings is 1. The van der Waals surface area contributed by atoms with Crippen molar-refractivity contribution >= 4 is 142 Å². The predicted octanol–water partition coefficient (Wildman–Crippen LogP) is 26.7. The molecule has 1 aliphatic heterocycles. The Kier molecular flexibility index (Phi) is 13.5.